The number of hydrogen-bond acceptors (Lipinski definition) is 3. The molecule has 3 nitrogen and oxygen atoms in total. The van der Waals surface area contributed by atoms with Crippen molar-refractivity contribution in [3.05, 3.63) is 29.3 Å². The Hall–Kier alpha value is -0.910. The number of nitrogens with zero attached hydrogens (tertiary/aromatic N) is 1. The topological polar surface area (TPSA) is 24.5 Å². The molecule has 0 spiro atoms. The van der Waals surface area contributed by atoms with Gasteiger partial charge in [0, 0.05) is 49.9 Å². The van der Waals surface area contributed by atoms with Gasteiger partial charge >= 0.3 is 0 Å². The SMILES string of the molecule is CC[C@@H](c1c(F)cc(OC)cc1F)N1CCNCC1.Cl. The Balaban J connectivity index is 0.00000200. The normalized spacial score (nSPS) is 17.4. The maximum Gasteiger partial charge on any atom is 0.134 e. The van der Waals surface area contributed by atoms with Crippen LogP contribution in [0, 0.1) is 11.6 Å². The summed E-state index contributed by atoms with van der Waals surface area (Å²) < 4.78 is 33.1. The summed E-state index contributed by atoms with van der Waals surface area (Å²) in [5, 5.41) is 3.24. The number of halogens is 3. The Morgan fingerprint density at radius 2 is 1.80 bits per heavy atom. The third-order valence-corrected chi connectivity index (χ3v) is 3.60. The van der Waals surface area contributed by atoms with E-state index in [4.69, 9.17) is 4.74 Å². The standard InChI is InChI=1S/C14H20F2N2O.ClH/c1-3-13(18-6-4-17-5-7-18)14-11(15)8-10(19-2)9-12(14)16;/h8-9,13,17H,3-7H2,1-2H3;1H/t13-;/m0./s1. The minimum atomic E-state index is -0.526. The molecule has 1 N–H and O–H groups in total. The second kappa shape index (κ2) is 7.76. The molecule has 114 valence electrons. The second-order valence-electron chi connectivity index (χ2n) is 4.71. The lowest BCUT2D eigenvalue weighted by atomic mass is 10.0. The number of methoxy groups -OCH3 is 1. The molecule has 0 amide bonds. The summed E-state index contributed by atoms with van der Waals surface area (Å²) in [5.74, 6) is -0.835. The van der Waals surface area contributed by atoms with Crippen molar-refractivity contribution < 1.29 is 13.5 Å². The fourth-order valence-corrected chi connectivity index (χ4v) is 2.64. The smallest absolute Gasteiger partial charge is 0.134 e. The van der Waals surface area contributed by atoms with Crippen LogP contribution < -0.4 is 10.1 Å². The van der Waals surface area contributed by atoms with E-state index in [1.807, 2.05) is 6.92 Å². The fourth-order valence-electron chi connectivity index (χ4n) is 2.64. The van der Waals surface area contributed by atoms with Gasteiger partial charge in [0.15, 0.2) is 0 Å². The van der Waals surface area contributed by atoms with Crippen molar-refractivity contribution in [2.45, 2.75) is 19.4 Å². The molecule has 1 fully saturated rings. The van der Waals surface area contributed by atoms with E-state index >= 15 is 0 Å². The Morgan fingerprint density at radius 1 is 1.25 bits per heavy atom. The molecule has 1 aromatic rings. The average Bonchev–Trinajstić information content (AvgIpc) is 2.43. The summed E-state index contributed by atoms with van der Waals surface area (Å²) >= 11 is 0. The van der Waals surface area contributed by atoms with Crippen LogP contribution in [-0.2, 0) is 0 Å². The minimum absolute atomic E-state index is 0. The first kappa shape index (κ1) is 17.1. The van der Waals surface area contributed by atoms with Gasteiger partial charge in [0.2, 0.25) is 0 Å². The average molecular weight is 307 g/mol. The molecule has 20 heavy (non-hydrogen) atoms. The van der Waals surface area contributed by atoms with Gasteiger partial charge in [0.05, 0.1) is 7.11 Å². The van der Waals surface area contributed by atoms with Crippen LogP contribution in [0.5, 0.6) is 5.75 Å². The van der Waals surface area contributed by atoms with Crippen LogP contribution in [0.3, 0.4) is 0 Å². The van der Waals surface area contributed by atoms with Gasteiger partial charge < -0.3 is 10.1 Å². The van der Waals surface area contributed by atoms with E-state index in [2.05, 4.69) is 10.2 Å². The monoisotopic (exact) mass is 306 g/mol. The zero-order chi connectivity index (χ0) is 13.8. The van der Waals surface area contributed by atoms with E-state index < -0.39 is 11.6 Å². The summed E-state index contributed by atoms with van der Waals surface area (Å²) in [6.45, 7) is 5.29. The van der Waals surface area contributed by atoms with Crippen LogP contribution >= 0.6 is 12.4 Å². The Morgan fingerprint density at radius 3 is 2.25 bits per heavy atom. The molecular weight excluding hydrogens is 286 g/mol. The highest BCUT2D eigenvalue weighted by Crippen LogP contribution is 2.31. The van der Waals surface area contributed by atoms with Gasteiger partial charge in [-0.2, -0.15) is 0 Å². The lowest BCUT2D eigenvalue weighted by Gasteiger charge is -2.35. The number of nitrogens with one attached hydrogen (secondary N) is 1. The molecule has 0 aromatic heterocycles. The number of benzene rings is 1. The Labute approximate surface area is 124 Å². The van der Waals surface area contributed by atoms with Gasteiger partial charge in [-0.05, 0) is 6.42 Å². The molecule has 1 saturated heterocycles. The molecule has 2 rings (SSSR count). The van der Waals surface area contributed by atoms with Crippen molar-refractivity contribution in [1.82, 2.24) is 10.2 Å². The highest BCUT2D eigenvalue weighted by Gasteiger charge is 2.26. The van der Waals surface area contributed by atoms with E-state index in [1.165, 1.54) is 19.2 Å². The molecular formula is C14H21ClF2N2O. The lowest BCUT2D eigenvalue weighted by molar-refractivity contribution is 0.162. The first-order chi connectivity index (χ1) is 9.17. The van der Waals surface area contributed by atoms with Crippen molar-refractivity contribution in [3.63, 3.8) is 0 Å². The Kier molecular flexibility index (Phi) is 6.65. The van der Waals surface area contributed by atoms with Gasteiger partial charge in [0.1, 0.15) is 17.4 Å². The van der Waals surface area contributed by atoms with Crippen LogP contribution in [0.1, 0.15) is 24.9 Å². The molecule has 6 heteroatoms. The molecule has 0 radical (unpaired) electrons. The highest BCUT2D eigenvalue weighted by atomic mass is 35.5. The largest absolute Gasteiger partial charge is 0.497 e. The van der Waals surface area contributed by atoms with Gasteiger partial charge in [-0.3, -0.25) is 4.90 Å². The predicted molar refractivity (Wildman–Crippen MR) is 77.6 cm³/mol. The fraction of sp³-hybridized carbons (Fsp3) is 0.571. The summed E-state index contributed by atoms with van der Waals surface area (Å²) in [6.07, 6.45) is 0.681. The third-order valence-electron chi connectivity index (χ3n) is 3.60. The number of rotatable bonds is 4. The number of piperazine rings is 1. The summed E-state index contributed by atoms with van der Waals surface area (Å²) in [4.78, 5) is 2.13. The highest BCUT2D eigenvalue weighted by molar-refractivity contribution is 5.85. The Bertz CT molecular complexity index is 416. The molecule has 0 unspecified atom stereocenters. The maximum atomic E-state index is 14.1. The van der Waals surface area contributed by atoms with Gasteiger partial charge in [-0.1, -0.05) is 6.92 Å². The van der Waals surface area contributed by atoms with Crippen LogP contribution in [0.2, 0.25) is 0 Å². The van der Waals surface area contributed by atoms with Gasteiger partial charge in [-0.15, -0.1) is 12.4 Å². The van der Waals surface area contributed by atoms with Crippen LogP contribution in [-0.4, -0.2) is 38.2 Å². The molecule has 1 aliphatic rings. The first-order valence-corrected chi connectivity index (χ1v) is 6.65. The van der Waals surface area contributed by atoms with Crippen LogP contribution in [0.15, 0.2) is 12.1 Å². The number of hydrogen-bond donors (Lipinski definition) is 1. The van der Waals surface area contributed by atoms with Crippen molar-refractivity contribution in [2.24, 2.45) is 0 Å². The lowest BCUT2D eigenvalue weighted by Crippen LogP contribution is -2.45. The van der Waals surface area contributed by atoms with E-state index in [-0.39, 0.29) is 29.8 Å². The van der Waals surface area contributed by atoms with Gasteiger partial charge in [-0.25, -0.2) is 8.78 Å². The van der Waals surface area contributed by atoms with Crippen molar-refractivity contribution in [1.29, 1.82) is 0 Å². The van der Waals surface area contributed by atoms with Crippen molar-refractivity contribution >= 4 is 12.4 Å². The molecule has 0 bridgehead atoms. The molecule has 1 atom stereocenters. The first-order valence-electron chi connectivity index (χ1n) is 6.65. The zero-order valence-electron chi connectivity index (χ0n) is 11.8. The molecule has 1 aliphatic heterocycles. The predicted octanol–water partition coefficient (Wildman–Crippen LogP) is 2.75. The molecule has 0 aliphatic carbocycles. The second-order valence-corrected chi connectivity index (χ2v) is 4.71. The van der Waals surface area contributed by atoms with Crippen molar-refractivity contribution in [2.75, 3.05) is 33.3 Å². The van der Waals surface area contributed by atoms with Crippen LogP contribution in [0.25, 0.3) is 0 Å². The van der Waals surface area contributed by atoms with E-state index in [0.717, 1.165) is 26.2 Å². The van der Waals surface area contributed by atoms with Crippen LogP contribution in [0.4, 0.5) is 8.78 Å². The summed E-state index contributed by atoms with van der Waals surface area (Å²) in [5.41, 5.74) is 0.158. The molecule has 1 aromatic carbocycles. The molecule has 1 heterocycles. The van der Waals surface area contributed by atoms with E-state index in [0.29, 0.717) is 6.42 Å². The molecule has 0 saturated carbocycles. The zero-order valence-corrected chi connectivity index (χ0v) is 12.6. The van der Waals surface area contributed by atoms with E-state index in [9.17, 15) is 8.78 Å². The maximum absolute atomic E-state index is 14.1. The van der Waals surface area contributed by atoms with Gasteiger partial charge in [0.25, 0.3) is 0 Å². The summed E-state index contributed by atoms with van der Waals surface area (Å²) in [6, 6.07) is 2.29. The number of ether oxygens (including phenoxy) is 1. The van der Waals surface area contributed by atoms with Crippen molar-refractivity contribution in [3.8, 4) is 5.75 Å². The third kappa shape index (κ3) is 3.59. The minimum Gasteiger partial charge on any atom is -0.497 e. The summed E-state index contributed by atoms with van der Waals surface area (Å²) in [7, 11) is 1.40. The quantitative estimate of drug-likeness (QED) is 0.926. The van der Waals surface area contributed by atoms with E-state index in [1.54, 1.807) is 0 Å².